The quantitative estimate of drug-likeness (QED) is 0.864. The number of hydrogen-bond donors (Lipinski definition) is 2. The van der Waals surface area contributed by atoms with Crippen LogP contribution in [0, 0.1) is 0 Å². The number of anilines is 2. The smallest absolute Gasteiger partial charge is 0.252 e. The number of aromatic nitrogens is 3. The number of benzene rings is 1. The molecule has 8 heteroatoms. The zero-order valence-electron chi connectivity index (χ0n) is 11.9. The van der Waals surface area contributed by atoms with Gasteiger partial charge >= 0.3 is 0 Å². The van der Waals surface area contributed by atoms with Crippen molar-refractivity contribution in [1.82, 2.24) is 14.8 Å². The van der Waals surface area contributed by atoms with E-state index < -0.39 is 6.04 Å². The summed E-state index contributed by atoms with van der Waals surface area (Å²) < 4.78 is 6.75. The first kappa shape index (κ1) is 14.1. The second kappa shape index (κ2) is 5.84. The summed E-state index contributed by atoms with van der Waals surface area (Å²) in [6.45, 7) is 2.49. The predicted octanol–water partition coefficient (Wildman–Crippen LogP) is 1.20. The number of carbonyl (C=O) groups is 2. The Balaban J connectivity index is 1.62. The zero-order chi connectivity index (χ0) is 15.5. The topological polar surface area (TPSA) is 98.1 Å². The first-order chi connectivity index (χ1) is 10.7. The molecule has 22 heavy (non-hydrogen) atoms. The van der Waals surface area contributed by atoms with E-state index >= 15 is 0 Å². The van der Waals surface area contributed by atoms with Gasteiger partial charge in [-0.2, -0.15) is 10.1 Å². The third kappa shape index (κ3) is 2.76. The molecule has 8 nitrogen and oxygen atoms in total. The Morgan fingerprint density at radius 1 is 1.41 bits per heavy atom. The second-order valence-electron chi connectivity index (χ2n) is 4.74. The summed E-state index contributed by atoms with van der Waals surface area (Å²) >= 11 is 0. The summed E-state index contributed by atoms with van der Waals surface area (Å²) in [5, 5.41) is 9.26. The predicted molar refractivity (Wildman–Crippen MR) is 78.5 cm³/mol. The number of fused-ring (bicyclic) bond motifs is 1. The van der Waals surface area contributed by atoms with Crippen molar-refractivity contribution in [2.45, 2.75) is 19.4 Å². The molecule has 1 aromatic heterocycles. The molecule has 1 aliphatic heterocycles. The van der Waals surface area contributed by atoms with E-state index in [0.29, 0.717) is 18.2 Å². The summed E-state index contributed by atoms with van der Waals surface area (Å²) in [7, 11) is 0. The molecule has 0 bridgehead atoms. The molecule has 114 valence electrons. The van der Waals surface area contributed by atoms with Crippen LogP contribution in [0.15, 0.2) is 30.6 Å². The van der Waals surface area contributed by atoms with E-state index in [1.54, 1.807) is 24.3 Å². The molecule has 2 heterocycles. The van der Waals surface area contributed by atoms with Gasteiger partial charge in [-0.3, -0.25) is 14.9 Å². The van der Waals surface area contributed by atoms with E-state index in [2.05, 4.69) is 20.7 Å². The van der Waals surface area contributed by atoms with Crippen molar-refractivity contribution in [1.29, 1.82) is 0 Å². The minimum absolute atomic E-state index is 0.00456. The normalized spacial score (nSPS) is 16.0. The fraction of sp³-hybridized carbons (Fsp3) is 0.286. The first-order valence-electron chi connectivity index (χ1n) is 6.90. The number of carbonyl (C=O) groups excluding carboxylic acids is 2. The highest BCUT2D eigenvalue weighted by atomic mass is 16.5. The lowest BCUT2D eigenvalue weighted by Gasteiger charge is -2.10. The third-order valence-electron chi connectivity index (χ3n) is 3.23. The molecule has 0 saturated carbocycles. The van der Waals surface area contributed by atoms with E-state index in [4.69, 9.17) is 4.74 Å². The van der Waals surface area contributed by atoms with Crippen molar-refractivity contribution in [3.05, 3.63) is 30.6 Å². The number of nitrogens with one attached hydrogen (secondary N) is 2. The Labute approximate surface area is 126 Å². The molecule has 0 radical (unpaired) electrons. The van der Waals surface area contributed by atoms with Gasteiger partial charge in [0.05, 0.1) is 13.0 Å². The SMILES string of the molecule is CCOc1ccc(NC(=O)C[C@@H]2C(=O)Nc3ncnn32)cc1. The molecule has 3 rings (SSSR count). The summed E-state index contributed by atoms with van der Waals surface area (Å²) in [5.74, 6) is 0.553. The fourth-order valence-corrected chi connectivity index (χ4v) is 2.24. The molecule has 0 spiro atoms. The average Bonchev–Trinajstić information content (AvgIpc) is 3.05. The minimum atomic E-state index is -0.666. The molecular weight excluding hydrogens is 286 g/mol. The van der Waals surface area contributed by atoms with Gasteiger partial charge in [-0.05, 0) is 31.2 Å². The zero-order valence-corrected chi connectivity index (χ0v) is 11.9. The lowest BCUT2D eigenvalue weighted by molar-refractivity contribution is -0.123. The highest BCUT2D eigenvalue weighted by Gasteiger charge is 2.33. The maximum absolute atomic E-state index is 12.1. The van der Waals surface area contributed by atoms with E-state index in [9.17, 15) is 9.59 Å². The Morgan fingerprint density at radius 3 is 2.91 bits per heavy atom. The van der Waals surface area contributed by atoms with E-state index in [1.807, 2.05) is 6.92 Å². The van der Waals surface area contributed by atoms with Crippen LogP contribution in [0.3, 0.4) is 0 Å². The van der Waals surface area contributed by atoms with E-state index in [0.717, 1.165) is 5.75 Å². The fourth-order valence-electron chi connectivity index (χ4n) is 2.24. The van der Waals surface area contributed by atoms with Gasteiger partial charge in [-0.25, -0.2) is 4.68 Å². The monoisotopic (exact) mass is 301 g/mol. The van der Waals surface area contributed by atoms with Gasteiger partial charge in [0.25, 0.3) is 5.91 Å². The largest absolute Gasteiger partial charge is 0.494 e. The Morgan fingerprint density at radius 2 is 2.18 bits per heavy atom. The first-order valence-corrected chi connectivity index (χ1v) is 6.90. The maximum Gasteiger partial charge on any atom is 0.252 e. The van der Waals surface area contributed by atoms with Crippen LogP contribution >= 0.6 is 0 Å². The molecule has 2 N–H and O–H groups in total. The van der Waals surface area contributed by atoms with Crippen molar-refractivity contribution in [3.63, 3.8) is 0 Å². The summed E-state index contributed by atoms with van der Waals surface area (Å²) in [4.78, 5) is 27.8. The van der Waals surface area contributed by atoms with E-state index in [1.165, 1.54) is 11.0 Å². The summed E-state index contributed by atoms with van der Waals surface area (Å²) in [5.41, 5.74) is 0.644. The molecule has 2 aromatic rings. The Bertz CT molecular complexity index is 695. The van der Waals surface area contributed by atoms with Gasteiger partial charge in [0.2, 0.25) is 11.9 Å². The van der Waals surface area contributed by atoms with Gasteiger partial charge in [0.1, 0.15) is 18.1 Å². The molecule has 0 fully saturated rings. The van der Waals surface area contributed by atoms with Gasteiger partial charge in [-0.1, -0.05) is 0 Å². The van der Waals surface area contributed by atoms with Crippen LogP contribution in [0.1, 0.15) is 19.4 Å². The number of hydrogen-bond acceptors (Lipinski definition) is 5. The van der Waals surface area contributed by atoms with Crippen molar-refractivity contribution >= 4 is 23.5 Å². The lowest BCUT2D eigenvalue weighted by atomic mass is 10.2. The van der Waals surface area contributed by atoms with Crippen LogP contribution in [0.25, 0.3) is 0 Å². The van der Waals surface area contributed by atoms with Gasteiger partial charge in [0, 0.05) is 5.69 Å². The van der Waals surface area contributed by atoms with Crippen molar-refractivity contribution in [2.24, 2.45) is 0 Å². The number of nitrogens with zero attached hydrogens (tertiary/aromatic N) is 3. The van der Waals surface area contributed by atoms with Crippen LogP contribution < -0.4 is 15.4 Å². The molecule has 1 aliphatic rings. The van der Waals surface area contributed by atoms with Crippen LogP contribution in [0.4, 0.5) is 11.6 Å². The Hall–Kier alpha value is -2.90. The van der Waals surface area contributed by atoms with Gasteiger partial charge in [-0.15, -0.1) is 0 Å². The van der Waals surface area contributed by atoms with Crippen LogP contribution in [0.5, 0.6) is 5.75 Å². The van der Waals surface area contributed by atoms with Crippen LogP contribution in [-0.4, -0.2) is 33.2 Å². The molecule has 1 atom stereocenters. The van der Waals surface area contributed by atoms with E-state index in [-0.39, 0.29) is 18.2 Å². The van der Waals surface area contributed by atoms with Crippen molar-refractivity contribution in [3.8, 4) is 5.75 Å². The van der Waals surface area contributed by atoms with Crippen molar-refractivity contribution < 1.29 is 14.3 Å². The number of rotatable bonds is 5. The summed E-state index contributed by atoms with van der Waals surface area (Å²) in [6.07, 6.45) is 1.33. The maximum atomic E-state index is 12.1. The third-order valence-corrected chi connectivity index (χ3v) is 3.23. The Kier molecular flexibility index (Phi) is 3.73. The minimum Gasteiger partial charge on any atom is -0.494 e. The molecule has 2 amide bonds. The molecular formula is C14H15N5O3. The molecule has 0 unspecified atom stereocenters. The van der Waals surface area contributed by atoms with Crippen LogP contribution in [-0.2, 0) is 9.59 Å². The highest BCUT2D eigenvalue weighted by molar-refractivity contribution is 6.00. The standard InChI is InChI=1S/C14H15N5O3/c1-2-22-10-5-3-9(4-6-10)17-12(20)7-11-13(21)18-14-15-8-16-19(11)14/h3-6,8,11H,2,7H2,1H3,(H,17,20)(H,15,16,18,21)/t11-/m1/s1. The summed E-state index contributed by atoms with van der Waals surface area (Å²) in [6, 6.07) is 6.38. The van der Waals surface area contributed by atoms with Crippen LogP contribution in [0.2, 0.25) is 0 Å². The van der Waals surface area contributed by atoms with Gasteiger partial charge < -0.3 is 10.1 Å². The van der Waals surface area contributed by atoms with Gasteiger partial charge in [0.15, 0.2) is 0 Å². The molecule has 0 saturated heterocycles. The highest BCUT2D eigenvalue weighted by Crippen LogP contribution is 2.24. The molecule has 0 aliphatic carbocycles. The number of ether oxygens (including phenoxy) is 1. The number of amides is 2. The molecule has 1 aromatic carbocycles. The van der Waals surface area contributed by atoms with Crippen molar-refractivity contribution in [2.75, 3.05) is 17.2 Å². The lowest BCUT2D eigenvalue weighted by Crippen LogP contribution is -2.23. The average molecular weight is 301 g/mol. The second-order valence-corrected chi connectivity index (χ2v) is 4.74.